The average Bonchev–Trinajstić information content (AvgIpc) is 3.31. The van der Waals surface area contributed by atoms with Crippen LogP contribution in [-0.2, 0) is 0 Å². The van der Waals surface area contributed by atoms with E-state index in [9.17, 15) is 4.79 Å². The van der Waals surface area contributed by atoms with Gasteiger partial charge in [0, 0.05) is 45.5 Å². The van der Waals surface area contributed by atoms with Gasteiger partial charge in [-0.2, -0.15) is 0 Å². The molecule has 1 saturated carbocycles. The predicted molar refractivity (Wildman–Crippen MR) is 85.8 cm³/mol. The van der Waals surface area contributed by atoms with E-state index in [-0.39, 0.29) is 5.91 Å². The van der Waals surface area contributed by atoms with Crippen LogP contribution in [0.1, 0.15) is 28.8 Å². The third-order valence-electron chi connectivity index (χ3n) is 4.55. The molecule has 0 atom stereocenters. The fourth-order valence-electron chi connectivity index (χ4n) is 3.02. The topological polar surface area (TPSA) is 35.6 Å². The standard InChI is InChI=1S/C17H25N3O/c1-13-3-6-16(18-2)15(11-13)17(21)20-9-7-19(8-10-20)12-14-4-5-14/h3,6,11,14,18H,4-5,7-10,12H2,1-2H3. The molecular formula is C17H25N3O. The second kappa shape index (κ2) is 6.06. The molecule has 1 heterocycles. The van der Waals surface area contributed by atoms with Crippen molar-refractivity contribution in [1.82, 2.24) is 9.80 Å². The lowest BCUT2D eigenvalue weighted by molar-refractivity contribution is 0.0633. The van der Waals surface area contributed by atoms with E-state index < -0.39 is 0 Å². The summed E-state index contributed by atoms with van der Waals surface area (Å²) in [6.45, 7) is 7.00. The van der Waals surface area contributed by atoms with E-state index >= 15 is 0 Å². The molecule has 0 unspecified atom stereocenters. The molecule has 21 heavy (non-hydrogen) atoms. The molecule has 3 rings (SSSR count). The SMILES string of the molecule is CNc1ccc(C)cc1C(=O)N1CCN(CC2CC2)CC1. The maximum absolute atomic E-state index is 12.7. The number of nitrogens with zero attached hydrogens (tertiary/aromatic N) is 2. The van der Waals surface area contributed by atoms with Crippen LogP contribution in [0.5, 0.6) is 0 Å². The van der Waals surface area contributed by atoms with Crippen molar-refractivity contribution in [3.05, 3.63) is 29.3 Å². The summed E-state index contributed by atoms with van der Waals surface area (Å²) < 4.78 is 0. The smallest absolute Gasteiger partial charge is 0.256 e. The van der Waals surface area contributed by atoms with E-state index in [0.717, 1.165) is 48.9 Å². The predicted octanol–water partition coefficient (Wildman–Crippen LogP) is 2.20. The quantitative estimate of drug-likeness (QED) is 0.922. The number of piperazine rings is 1. The fourth-order valence-corrected chi connectivity index (χ4v) is 3.02. The Morgan fingerprint density at radius 2 is 1.95 bits per heavy atom. The van der Waals surface area contributed by atoms with E-state index in [4.69, 9.17) is 0 Å². The Balaban J connectivity index is 1.64. The van der Waals surface area contributed by atoms with Crippen molar-refractivity contribution in [1.29, 1.82) is 0 Å². The third kappa shape index (κ3) is 3.38. The van der Waals surface area contributed by atoms with Crippen LogP contribution in [0.3, 0.4) is 0 Å². The molecule has 4 heteroatoms. The Morgan fingerprint density at radius 1 is 1.24 bits per heavy atom. The molecule has 1 aliphatic heterocycles. The van der Waals surface area contributed by atoms with Gasteiger partial charge in [-0.15, -0.1) is 0 Å². The lowest BCUT2D eigenvalue weighted by Crippen LogP contribution is -2.49. The van der Waals surface area contributed by atoms with Crippen LogP contribution in [0, 0.1) is 12.8 Å². The number of benzene rings is 1. The maximum Gasteiger partial charge on any atom is 0.256 e. The Hall–Kier alpha value is -1.55. The van der Waals surface area contributed by atoms with E-state index in [1.54, 1.807) is 0 Å². The Labute approximate surface area is 127 Å². The number of rotatable bonds is 4. The second-order valence-corrected chi connectivity index (χ2v) is 6.34. The molecule has 4 nitrogen and oxygen atoms in total. The summed E-state index contributed by atoms with van der Waals surface area (Å²) in [5, 5.41) is 3.13. The first kappa shape index (κ1) is 14.4. The van der Waals surface area contributed by atoms with Crippen molar-refractivity contribution in [3.8, 4) is 0 Å². The first-order chi connectivity index (χ1) is 10.2. The highest BCUT2D eigenvalue weighted by Gasteiger charge is 2.28. The number of carbonyl (C=O) groups excluding carboxylic acids is 1. The number of hydrogen-bond acceptors (Lipinski definition) is 3. The number of carbonyl (C=O) groups is 1. The zero-order valence-corrected chi connectivity index (χ0v) is 13.1. The molecule has 114 valence electrons. The summed E-state index contributed by atoms with van der Waals surface area (Å²) in [5.41, 5.74) is 2.85. The van der Waals surface area contributed by atoms with Gasteiger partial charge in [0.1, 0.15) is 0 Å². The first-order valence-corrected chi connectivity index (χ1v) is 7.97. The first-order valence-electron chi connectivity index (χ1n) is 7.97. The molecule has 0 bridgehead atoms. The van der Waals surface area contributed by atoms with Gasteiger partial charge < -0.3 is 10.2 Å². The van der Waals surface area contributed by atoms with E-state index in [2.05, 4.69) is 10.2 Å². The van der Waals surface area contributed by atoms with Crippen LogP contribution in [0.15, 0.2) is 18.2 Å². The van der Waals surface area contributed by atoms with Crippen molar-refractivity contribution < 1.29 is 4.79 Å². The molecule has 1 aliphatic carbocycles. The van der Waals surface area contributed by atoms with Crippen LogP contribution in [0.4, 0.5) is 5.69 Å². The van der Waals surface area contributed by atoms with Gasteiger partial charge in [0.25, 0.3) is 5.91 Å². The third-order valence-corrected chi connectivity index (χ3v) is 4.55. The molecule has 0 radical (unpaired) electrons. The normalized spacial score (nSPS) is 19.6. The number of nitrogens with one attached hydrogen (secondary N) is 1. The Morgan fingerprint density at radius 3 is 2.57 bits per heavy atom. The molecule has 2 fully saturated rings. The van der Waals surface area contributed by atoms with E-state index in [0.29, 0.717) is 0 Å². The highest BCUT2D eigenvalue weighted by molar-refractivity contribution is 5.99. The number of aryl methyl sites for hydroxylation is 1. The minimum atomic E-state index is 0.161. The number of hydrogen-bond donors (Lipinski definition) is 1. The van der Waals surface area contributed by atoms with Crippen LogP contribution < -0.4 is 5.32 Å². The molecular weight excluding hydrogens is 262 g/mol. The van der Waals surface area contributed by atoms with Gasteiger partial charge in [0.2, 0.25) is 0 Å². The van der Waals surface area contributed by atoms with Gasteiger partial charge in [-0.3, -0.25) is 9.69 Å². The molecule has 1 amide bonds. The van der Waals surface area contributed by atoms with E-state index in [1.165, 1.54) is 19.4 Å². The van der Waals surface area contributed by atoms with Crippen LogP contribution >= 0.6 is 0 Å². The van der Waals surface area contributed by atoms with Gasteiger partial charge in [-0.25, -0.2) is 0 Å². The summed E-state index contributed by atoms with van der Waals surface area (Å²) in [6, 6.07) is 6.02. The zero-order valence-electron chi connectivity index (χ0n) is 13.1. The van der Waals surface area contributed by atoms with Crippen molar-refractivity contribution in [3.63, 3.8) is 0 Å². The Kier molecular flexibility index (Phi) is 4.15. The molecule has 0 aromatic heterocycles. The summed E-state index contributed by atoms with van der Waals surface area (Å²) in [4.78, 5) is 17.2. The fraction of sp³-hybridized carbons (Fsp3) is 0.588. The molecule has 1 aromatic carbocycles. The second-order valence-electron chi connectivity index (χ2n) is 6.34. The van der Waals surface area contributed by atoms with Gasteiger partial charge in [-0.1, -0.05) is 11.6 Å². The van der Waals surface area contributed by atoms with Crippen LogP contribution in [0.2, 0.25) is 0 Å². The minimum absolute atomic E-state index is 0.161. The van der Waals surface area contributed by atoms with Gasteiger partial charge in [0.05, 0.1) is 5.56 Å². The van der Waals surface area contributed by atoms with Gasteiger partial charge >= 0.3 is 0 Å². The van der Waals surface area contributed by atoms with Crippen molar-refractivity contribution in [2.45, 2.75) is 19.8 Å². The molecule has 1 aromatic rings. The van der Waals surface area contributed by atoms with E-state index in [1.807, 2.05) is 37.1 Å². The lowest BCUT2D eigenvalue weighted by Gasteiger charge is -2.35. The molecule has 0 spiro atoms. The maximum atomic E-state index is 12.7. The lowest BCUT2D eigenvalue weighted by atomic mass is 10.1. The monoisotopic (exact) mass is 287 g/mol. The van der Waals surface area contributed by atoms with Crippen LogP contribution in [-0.4, -0.2) is 55.5 Å². The summed E-state index contributed by atoms with van der Waals surface area (Å²) in [5.74, 6) is 1.09. The number of amides is 1. The van der Waals surface area contributed by atoms with Gasteiger partial charge in [0.15, 0.2) is 0 Å². The summed E-state index contributed by atoms with van der Waals surface area (Å²) in [7, 11) is 1.87. The highest BCUT2D eigenvalue weighted by atomic mass is 16.2. The number of anilines is 1. The zero-order chi connectivity index (χ0) is 14.8. The van der Waals surface area contributed by atoms with Crippen molar-refractivity contribution in [2.24, 2.45) is 5.92 Å². The summed E-state index contributed by atoms with van der Waals surface area (Å²) in [6.07, 6.45) is 2.79. The van der Waals surface area contributed by atoms with Crippen molar-refractivity contribution in [2.75, 3.05) is 45.1 Å². The van der Waals surface area contributed by atoms with Gasteiger partial charge in [-0.05, 0) is 37.8 Å². The molecule has 2 aliphatic rings. The largest absolute Gasteiger partial charge is 0.387 e. The van der Waals surface area contributed by atoms with Crippen LogP contribution in [0.25, 0.3) is 0 Å². The van der Waals surface area contributed by atoms with Crippen molar-refractivity contribution >= 4 is 11.6 Å². The molecule has 1 saturated heterocycles. The average molecular weight is 287 g/mol. The summed E-state index contributed by atoms with van der Waals surface area (Å²) >= 11 is 0. The molecule has 1 N–H and O–H groups in total. The minimum Gasteiger partial charge on any atom is -0.387 e. The highest BCUT2D eigenvalue weighted by Crippen LogP contribution is 2.30. The Bertz CT molecular complexity index is 517.